The van der Waals surface area contributed by atoms with Crippen molar-refractivity contribution in [2.75, 3.05) is 43.8 Å². The van der Waals surface area contributed by atoms with Gasteiger partial charge < -0.3 is 5.32 Å². The van der Waals surface area contributed by atoms with Gasteiger partial charge in [0.2, 0.25) is 15.9 Å². The predicted octanol–water partition coefficient (Wildman–Crippen LogP) is 3.07. The first kappa shape index (κ1) is 21.4. The van der Waals surface area contributed by atoms with Gasteiger partial charge in [0.1, 0.15) is 0 Å². The van der Waals surface area contributed by atoms with Crippen LogP contribution in [0.2, 0.25) is 10.0 Å². The van der Waals surface area contributed by atoms with Gasteiger partial charge in [-0.1, -0.05) is 49.0 Å². The molecule has 1 N–H and O–H groups in total. The summed E-state index contributed by atoms with van der Waals surface area (Å²) < 4.78 is 26.1. The van der Waals surface area contributed by atoms with Crippen molar-refractivity contribution in [3.05, 3.63) is 28.2 Å². The van der Waals surface area contributed by atoms with Crippen LogP contribution in [0.15, 0.2) is 18.2 Å². The summed E-state index contributed by atoms with van der Waals surface area (Å²) in [7, 11) is -3.20. The number of carbonyl (C=O) groups is 1. The number of rotatable bonds is 8. The summed E-state index contributed by atoms with van der Waals surface area (Å²) in [5.74, 6) is -0.0222. The van der Waals surface area contributed by atoms with Crippen molar-refractivity contribution in [2.45, 2.75) is 26.2 Å². The van der Waals surface area contributed by atoms with Crippen molar-refractivity contribution >= 4 is 44.8 Å². The zero-order valence-corrected chi connectivity index (χ0v) is 17.2. The molecule has 1 aromatic carbocycles. The third kappa shape index (κ3) is 6.09. The Hall–Kier alpha value is -0.860. The fourth-order valence-electron chi connectivity index (χ4n) is 2.83. The molecule has 0 spiro atoms. The van der Waals surface area contributed by atoms with Crippen LogP contribution in [0, 0.1) is 0 Å². The molecule has 26 heavy (non-hydrogen) atoms. The summed E-state index contributed by atoms with van der Waals surface area (Å²) in [5.41, 5.74) is 0.401. The van der Waals surface area contributed by atoms with Gasteiger partial charge in [0, 0.05) is 26.2 Å². The first-order valence-corrected chi connectivity index (χ1v) is 11.1. The quantitative estimate of drug-likeness (QED) is 0.654. The molecule has 0 aromatic heterocycles. The van der Waals surface area contributed by atoms with Crippen molar-refractivity contribution in [3.63, 3.8) is 0 Å². The SMILES string of the molecule is CCCCCS(=O)(=O)N1CCN(CC(=O)Nc2c(Cl)cccc2Cl)CC1. The zero-order valence-electron chi connectivity index (χ0n) is 14.9. The molecule has 1 aliphatic heterocycles. The maximum absolute atomic E-state index is 12.3. The highest BCUT2D eigenvalue weighted by Gasteiger charge is 2.27. The molecule has 0 atom stereocenters. The van der Waals surface area contributed by atoms with Gasteiger partial charge in [0.05, 0.1) is 28.0 Å². The Labute approximate surface area is 165 Å². The molecule has 0 saturated carbocycles. The summed E-state index contributed by atoms with van der Waals surface area (Å²) in [6, 6.07) is 5.02. The average molecular weight is 422 g/mol. The monoisotopic (exact) mass is 421 g/mol. The second-order valence-electron chi connectivity index (χ2n) is 6.34. The molecule has 146 valence electrons. The Morgan fingerprint density at radius 3 is 2.31 bits per heavy atom. The van der Waals surface area contributed by atoms with Gasteiger partial charge in [-0.05, 0) is 18.6 Å². The Bertz CT molecular complexity index is 700. The Kier molecular flexibility index (Phi) is 8.16. The van der Waals surface area contributed by atoms with Crippen molar-refractivity contribution in [1.82, 2.24) is 9.21 Å². The maximum Gasteiger partial charge on any atom is 0.238 e. The minimum Gasteiger partial charge on any atom is -0.322 e. The Morgan fingerprint density at radius 1 is 1.12 bits per heavy atom. The van der Waals surface area contributed by atoms with Gasteiger partial charge in [-0.15, -0.1) is 0 Å². The van der Waals surface area contributed by atoms with E-state index < -0.39 is 10.0 Å². The van der Waals surface area contributed by atoms with E-state index in [2.05, 4.69) is 5.32 Å². The molecule has 1 fully saturated rings. The standard InChI is InChI=1S/C17H25Cl2N3O3S/c1-2-3-4-12-26(24,25)22-10-8-21(9-11-22)13-16(23)20-17-14(18)6-5-7-15(17)19/h5-7H,2-4,8-13H2,1H3,(H,20,23). The minimum absolute atomic E-state index is 0.172. The zero-order chi connectivity index (χ0) is 19.2. The molecule has 1 amide bonds. The highest BCUT2D eigenvalue weighted by Crippen LogP contribution is 2.29. The lowest BCUT2D eigenvalue weighted by molar-refractivity contribution is -0.117. The van der Waals surface area contributed by atoms with E-state index in [4.69, 9.17) is 23.2 Å². The summed E-state index contributed by atoms with van der Waals surface area (Å²) in [6.45, 7) is 4.09. The number of anilines is 1. The third-order valence-corrected chi connectivity index (χ3v) is 6.91. The molecule has 1 saturated heterocycles. The van der Waals surface area contributed by atoms with E-state index in [0.29, 0.717) is 48.3 Å². The van der Waals surface area contributed by atoms with Crippen LogP contribution in [-0.4, -0.2) is 62.0 Å². The highest BCUT2D eigenvalue weighted by atomic mass is 35.5. The van der Waals surface area contributed by atoms with E-state index in [0.717, 1.165) is 12.8 Å². The number of hydrogen-bond acceptors (Lipinski definition) is 4. The molecule has 2 rings (SSSR count). The first-order chi connectivity index (χ1) is 12.3. The molecule has 9 heteroatoms. The van der Waals surface area contributed by atoms with Crippen LogP contribution >= 0.6 is 23.2 Å². The van der Waals surface area contributed by atoms with Crippen LogP contribution in [0.25, 0.3) is 0 Å². The van der Waals surface area contributed by atoms with Crippen LogP contribution in [0.5, 0.6) is 0 Å². The first-order valence-electron chi connectivity index (χ1n) is 8.77. The molecule has 1 heterocycles. The van der Waals surface area contributed by atoms with Gasteiger partial charge >= 0.3 is 0 Å². The average Bonchev–Trinajstić information content (AvgIpc) is 2.59. The van der Waals surface area contributed by atoms with E-state index in [-0.39, 0.29) is 18.2 Å². The number of amides is 1. The minimum atomic E-state index is -3.20. The van der Waals surface area contributed by atoms with Gasteiger partial charge in [0.25, 0.3) is 0 Å². The molecule has 1 aliphatic rings. The van der Waals surface area contributed by atoms with Gasteiger partial charge in [-0.25, -0.2) is 8.42 Å². The fourth-order valence-corrected chi connectivity index (χ4v) is 4.87. The van der Waals surface area contributed by atoms with Gasteiger partial charge in [-0.3, -0.25) is 9.69 Å². The third-order valence-electron chi connectivity index (χ3n) is 4.32. The summed E-state index contributed by atoms with van der Waals surface area (Å²) in [5, 5.41) is 3.49. The lowest BCUT2D eigenvalue weighted by Gasteiger charge is -2.33. The molecule has 0 radical (unpaired) electrons. The number of piperazine rings is 1. The van der Waals surface area contributed by atoms with Crippen molar-refractivity contribution < 1.29 is 13.2 Å². The molecule has 0 unspecified atom stereocenters. The number of hydrogen-bond donors (Lipinski definition) is 1. The van der Waals surface area contributed by atoms with E-state index in [9.17, 15) is 13.2 Å². The second kappa shape index (κ2) is 9.90. The topological polar surface area (TPSA) is 69.7 Å². The number of para-hydroxylation sites is 1. The predicted molar refractivity (Wildman–Crippen MR) is 106 cm³/mol. The fraction of sp³-hybridized carbons (Fsp3) is 0.588. The molecule has 1 aromatic rings. The van der Waals surface area contributed by atoms with Crippen LogP contribution < -0.4 is 5.32 Å². The molecule has 0 aliphatic carbocycles. The van der Waals surface area contributed by atoms with Gasteiger partial charge in [0.15, 0.2) is 0 Å². The number of benzene rings is 1. The van der Waals surface area contributed by atoms with Crippen LogP contribution in [0.4, 0.5) is 5.69 Å². The van der Waals surface area contributed by atoms with E-state index in [1.54, 1.807) is 18.2 Å². The normalized spacial score (nSPS) is 16.6. The summed E-state index contributed by atoms with van der Waals surface area (Å²) in [4.78, 5) is 14.2. The maximum atomic E-state index is 12.3. The molecule has 6 nitrogen and oxygen atoms in total. The van der Waals surface area contributed by atoms with E-state index in [1.807, 2.05) is 11.8 Å². The summed E-state index contributed by atoms with van der Waals surface area (Å²) >= 11 is 12.1. The summed E-state index contributed by atoms with van der Waals surface area (Å²) in [6.07, 6.45) is 2.61. The Balaban J connectivity index is 1.82. The number of nitrogens with one attached hydrogen (secondary N) is 1. The van der Waals surface area contributed by atoms with E-state index >= 15 is 0 Å². The molecular formula is C17H25Cl2N3O3S. The Morgan fingerprint density at radius 2 is 1.73 bits per heavy atom. The number of nitrogens with zero attached hydrogens (tertiary/aromatic N) is 2. The van der Waals surface area contributed by atoms with Crippen LogP contribution in [0.1, 0.15) is 26.2 Å². The lowest BCUT2D eigenvalue weighted by Crippen LogP contribution is -2.50. The molecular weight excluding hydrogens is 397 g/mol. The second-order valence-corrected chi connectivity index (χ2v) is 9.25. The number of carbonyl (C=O) groups excluding carboxylic acids is 1. The van der Waals surface area contributed by atoms with Crippen LogP contribution in [0.3, 0.4) is 0 Å². The lowest BCUT2D eigenvalue weighted by atomic mass is 10.3. The van der Waals surface area contributed by atoms with Gasteiger partial charge in [-0.2, -0.15) is 4.31 Å². The number of halogens is 2. The van der Waals surface area contributed by atoms with Crippen molar-refractivity contribution in [2.24, 2.45) is 0 Å². The molecule has 0 bridgehead atoms. The number of unbranched alkanes of at least 4 members (excludes halogenated alkanes) is 2. The van der Waals surface area contributed by atoms with E-state index in [1.165, 1.54) is 4.31 Å². The van der Waals surface area contributed by atoms with Crippen molar-refractivity contribution in [1.29, 1.82) is 0 Å². The highest BCUT2D eigenvalue weighted by molar-refractivity contribution is 7.89. The smallest absolute Gasteiger partial charge is 0.238 e. The largest absolute Gasteiger partial charge is 0.322 e. The van der Waals surface area contributed by atoms with Crippen LogP contribution in [-0.2, 0) is 14.8 Å². The number of sulfonamides is 1. The van der Waals surface area contributed by atoms with Crippen molar-refractivity contribution in [3.8, 4) is 0 Å².